The van der Waals surface area contributed by atoms with Crippen LogP contribution in [0.2, 0.25) is 0 Å². The molecule has 77 heavy (non-hydrogen) atoms. The third-order valence-electron chi connectivity index (χ3n) is 14.8. The number of ketones is 3. The number of carbonyl (C=O) groups excluding carboxylic acids is 6. The quantitative estimate of drug-likeness (QED) is 0.0187. The Labute approximate surface area is 450 Å². The van der Waals surface area contributed by atoms with Crippen molar-refractivity contribution in [2.45, 2.75) is 138 Å². The van der Waals surface area contributed by atoms with Gasteiger partial charge in [0.2, 0.25) is 17.7 Å². The average molecular weight is 1050 g/mol. The number of fused-ring (bicyclic) bond motifs is 8. The van der Waals surface area contributed by atoms with Crippen LogP contribution in [0.4, 0.5) is 0 Å². The molecule has 3 atom stereocenters. The van der Waals surface area contributed by atoms with Crippen LogP contribution in [0.25, 0.3) is 50.4 Å². The van der Waals surface area contributed by atoms with Crippen molar-refractivity contribution in [3.05, 3.63) is 112 Å². The maximum atomic E-state index is 13.4. The minimum atomic E-state index is -1.08. The number of hydrogen-bond acceptors (Lipinski definition) is 10. The molecule has 2 aliphatic heterocycles. The summed E-state index contributed by atoms with van der Waals surface area (Å²) >= 11 is 0. The zero-order valence-corrected chi connectivity index (χ0v) is 45.8. The number of aryl methyl sites for hydroxylation is 2. The molecule has 3 aromatic heterocycles. The van der Waals surface area contributed by atoms with Crippen LogP contribution >= 0.6 is 0 Å². The first-order valence-corrected chi connectivity index (χ1v) is 26.7. The van der Waals surface area contributed by atoms with Crippen LogP contribution in [0, 0.1) is 18.8 Å². The summed E-state index contributed by atoms with van der Waals surface area (Å²) in [6, 6.07) is 19.4. The van der Waals surface area contributed by atoms with E-state index >= 15 is 0 Å². The Balaban J connectivity index is 1.14. The van der Waals surface area contributed by atoms with E-state index in [9.17, 15) is 38.7 Å². The number of benzene rings is 1. The fraction of sp³-hybridized carbons (Fsp3) is 0.410. The number of carbonyl (C=O) groups is 7. The third-order valence-corrected chi connectivity index (χ3v) is 14.8. The van der Waals surface area contributed by atoms with Crippen molar-refractivity contribution >= 4 is 97.2 Å². The zero-order valence-electron chi connectivity index (χ0n) is 45.8. The minimum Gasteiger partial charge on any atom is -0.481 e. The highest BCUT2D eigenvalue weighted by atomic mass is 16.4. The number of carboxylic acid groups (broad SMARTS) is 1. The average Bonchev–Trinajstić information content (AvgIpc) is 4.13. The SMILES string of the molecule is C=Cc1cc2cc3nc(cc4nc(cc5[nH]c(cc1[nH]2)c(C)c5CCC(=O)NCCCC(=O)CCC(C)=NNC(=O)C(C(C)C(=O)O)C(C)c1ccccc1)C(CCC(=O)NCCCC(=O)CCC(C)=O)=C4C)C(C)=C3C. The molecule has 0 aliphatic carbocycles. The predicted octanol–water partition coefficient (Wildman–Crippen LogP) is 10.6. The predicted molar refractivity (Wildman–Crippen MR) is 304 cm³/mol. The number of hydrogen-bond donors (Lipinski definition) is 6. The third kappa shape index (κ3) is 15.8. The molecule has 1 aromatic carbocycles. The summed E-state index contributed by atoms with van der Waals surface area (Å²) in [5.41, 5.74) is 17.0. The lowest BCUT2D eigenvalue weighted by atomic mass is 9.79. The maximum absolute atomic E-state index is 13.4. The molecule has 0 saturated carbocycles. The Morgan fingerprint density at radius 3 is 1.88 bits per heavy atom. The Morgan fingerprint density at radius 1 is 0.662 bits per heavy atom. The van der Waals surface area contributed by atoms with E-state index < -0.39 is 23.7 Å². The van der Waals surface area contributed by atoms with E-state index in [0.29, 0.717) is 63.0 Å². The van der Waals surface area contributed by atoms with E-state index in [1.165, 1.54) is 13.8 Å². The first-order valence-electron chi connectivity index (χ1n) is 26.7. The number of aliphatic carboxylic acids is 1. The summed E-state index contributed by atoms with van der Waals surface area (Å²) in [7, 11) is 0. The maximum Gasteiger partial charge on any atom is 0.307 e. The molecule has 16 nitrogen and oxygen atoms in total. The lowest BCUT2D eigenvalue weighted by Gasteiger charge is -2.26. The van der Waals surface area contributed by atoms with Crippen LogP contribution in [0.3, 0.4) is 0 Å². The van der Waals surface area contributed by atoms with Crippen molar-refractivity contribution in [1.82, 2.24) is 36.0 Å². The number of aromatic amines is 2. The van der Waals surface area contributed by atoms with Gasteiger partial charge in [-0.2, -0.15) is 5.10 Å². The number of amides is 3. The fourth-order valence-corrected chi connectivity index (χ4v) is 9.72. The molecular formula is C61H74N8O8. The van der Waals surface area contributed by atoms with Crippen LogP contribution in [-0.2, 0) is 40.0 Å². The summed E-state index contributed by atoms with van der Waals surface area (Å²) in [6.45, 7) is 19.4. The largest absolute Gasteiger partial charge is 0.481 e. The molecule has 0 spiro atoms. The molecule has 3 amide bonds. The second-order valence-electron chi connectivity index (χ2n) is 20.4. The fourth-order valence-electron chi connectivity index (χ4n) is 9.72. The Bertz CT molecular complexity index is 3190. The summed E-state index contributed by atoms with van der Waals surface area (Å²) in [5, 5.41) is 19.9. The van der Waals surface area contributed by atoms with E-state index in [1.807, 2.05) is 88.4 Å². The molecule has 0 fully saturated rings. The van der Waals surface area contributed by atoms with Gasteiger partial charge in [-0.25, -0.2) is 15.4 Å². The number of nitrogens with one attached hydrogen (secondary N) is 5. The number of Topliss-reactive ketones (excluding diaryl/α,β-unsaturated/α-hetero) is 3. The lowest BCUT2D eigenvalue weighted by molar-refractivity contribution is -0.147. The topological polar surface area (TPSA) is 246 Å². The zero-order chi connectivity index (χ0) is 55.9. The van der Waals surface area contributed by atoms with Gasteiger partial charge in [-0.05, 0) is 154 Å². The lowest BCUT2D eigenvalue weighted by Crippen LogP contribution is -2.38. The number of aromatic nitrogens is 4. The second kappa shape index (κ2) is 27.3. The number of H-pyrrole nitrogens is 2. The van der Waals surface area contributed by atoms with Gasteiger partial charge < -0.3 is 30.5 Å². The van der Waals surface area contributed by atoms with E-state index in [0.717, 1.165) is 83.7 Å². The molecule has 0 radical (unpaired) electrons. The van der Waals surface area contributed by atoms with Crippen LogP contribution < -0.4 is 16.1 Å². The minimum absolute atomic E-state index is 0.00437. The van der Waals surface area contributed by atoms with Gasteiger partial charge in [-0.15, -0.1) is 0 Å². The highest BCUT2D eigenvalue weighted by Gasteiger charge is 2.35. The standard InChI is InChI=1S/C61H74N8O8/c1-10-43-30-45-31-50-37(4)38(5)51(65-50)32-52-40(7)48(24-26-57(73)63-29-15-19-47(72)23-21-36(3)70)55(66-52)34-56-49(41(8)53(67-56)33-54(43)64-45)25-27-58(74)62-28-14-18-46(71)22-20-35(2)68-69-60(75)59(42(9)61(76)77)39(6)44-16-12-11-13-17-44/h10-13,16-17,30-34,39,42,59,64,67H,1,14-15,18-29H2,2-9H3,(H,62,74)(H,63,73)(H,69,75)(H,76,77). The number of rotatable bonds is 27. The van der Waals surface area contributed by atoms with Gasteiger partial charge in [0.1, 0.15) is 17.3 Å². The Morgan fingerprint density at radius 2 is 1.26 bits per heavy atom. The Kier molecular flexibility index (Phi) is 20.7. The van der Waals surface area contributed by atoms with Gasteiger partial charge in [-0.1, -0.05) is 56.8 Å². The second-order valence-corrected chi connectivity index (χ2v) is 20.4. The molecule has 3 unspecified atom stereocenters. The summed E-state index contributed by atoms with van der Waals surface area (Å²) in [6.07, 6.45) is 5.39. The number of carboxylic acids is 1. The van der Waals surface area contributed by atoms with Crippen LogP contribution in [0.15, 0.2) is 72.3 Å². The monoisotopic (exact) mass is 1050 g/mol. The van der Waals surface area contributed by atoms with Gasteiger partial charge >= 0.3 is 5.97 Å². The van der Waals surface area contributed by atoms with Crippen molar-refractivity contribution in [2.75, 3.05) is 13.1 Å². The molecule has 6 N–H and O–H groups in total. The molecule has 2 aliphatic rings. The van der Waals surface area contributed by atoms with Gasteiger partial charge in [0.15, 0.2) is 0 Å². The van der Waals surface area contributed by atoms with Gasteiger partial charge in [0, 0.05) is 85.8 Å². The molecule has 4 aromatic rings. The number of hydrazone groups is 1. The number of allylic oxidation sites excluding steroid dienone is 4. The molecule has 0 saturated heterocycles. The number of nitrogens with zero attached hydrogens (tertiary/aromatic N) is 3. The van der Waals surface area contributed by atoms with Gasteiger partial charge in [-0.3, -0.25) is 28.8 Å². The van der Waals surface area contributed by atoms with Crippen molar-refractivity contribution in [3.8, 4) is 0 Å². The first kappa shape index (κ1) is 58.4. The highest BCUT2D eigenvalue weighted by Crippen LogP contribution is 2.37. The van der Waals surface area contributed by atoms with E-state index in [1.54, 1.807) is 13.0 Å². The molecule has 6 rings (SSSR count). The van der Waals surface area contributed by atoms with E-state index in [-0.39, 0.29) is 73.6 Å². The first-order chi connectivity index (χ1) is 36.7. The van der Waals surface area contributed by atoms with Crippen LogP contribution in [0.5, 0.6) is 0 Å². The molecular weight excluding hydrogens is 973 g/mol. The van der Waals surface area contributed by atoms with Crippen molar-refractivity contribution in [3.63, 3.8) is 0 Å². The summed E-state index contributed by atoms with van der Waals surface area (Å²) < 4.78 is 0. The summed E-state index contributed by atoms with van der Waals surface area (Å²) in [5.74, 6) is -4.13. The van der Waals surface area contributed by atoms with Crippen molar-refractivity contribution in [2.24, 2.45) is 16.9 Å². The molecule has 406 valence electrons. The van der Waals surface area contributed by atoms with Crippen LogP contribution in [0.1, 0.15) is 170 Å². The van der Waals surface area contributed by atoms with Crippen molar-refractivity contribution in [1.29, 1.82) is 0 Å². The highest BCUT2D eigenvalue weighted by molar-refractivity contribution is 5.96. The van der Waals surface area contributed by atoms with Crippen molar-refractivity contribution < 1.29 is 38.7 Å². The molecule has 16 heteroatoms. The summed E-state index contributed by atoms with van der Waals surface area (Å²) in [4.78, 5) is 106. The smallest absolute Gasteiger partial charge is 0.307 e. The van der Waals surface area contributed by atoms with E-state index in [2.05, 4.69) is 44.6 Å². The molecule has 8 bridgehead atoms. The molecule has 5 heterocycles. The Hall–Kier alpha value is -7.88. The normalized spacial score (nSPS) is 13.7. The van der Waals surface area contributed by atoms with Gasteiger partial charge in [0.25, 0.3) is 0 Å². The van der Waals surface area contributed by atoms with E-state index in [4.69, 9.17) is 9.97 Å². The van der Waals surface area contributed by atoms with Gasteiger partial charge in [0.05, 0.1) is 34.6 Å². The van der Waals surface area contributed by atoms with Crippen LogP contribution in [-0.4, -0.2) is 84.9 Å².